The molecule has 0 spiro atoms. The Hall–Kier alpha value is -3.16. The summed E-state index contributed by atoms with van der Waals surface area (Å²) in [6.07, 6.45) is 0. The fourth-order valence-corrected chi connectivity index (χ4v) is 2.04. The molecule has 0 aliphatic rings. The molecule has 1 aromatic heterocycles. The molecule has 22 heavy (non-hydrogen) atoms. The smallest absolute Gasteiger partial charge is 0.270 e. The number of nitrogens with one attached hydrogen (secondary N) is 1. The van der Waals surface area contributed by atoms with E-state index in [9.17, 15) is 23.7 Å². The minimum Gasteiger partial charge on any atom is -0.306 e. The van der Waals surface area contributed by atoms with Gasteiger partial charge >= 0.3 is 0 Å². The second-order valence-corrected chi connectivity index (χ2v) is 4.51. The van der Waals surface area contributed by atoms with Crippen molar-refractivity contribution >= 4 is 16.6 Å². The first-order valence-electron chi connectivity index (χ1n) is 6.09. The van der Waals surface area contributed by atoms with Crippen LogP contribution in [0.5, 0.6) is 0 Å². The van der Waals surface area contributed by atoms with Gasteiger partial charge in [-0.15, -0.1) is 0 Å². The number of hydrogen-bond donors (Lipinski definition) is 1. The molecule has 0 fully saturated rings. The minimum atomic E-state index is -1.15. The maximum atomic E-state index is 13.3. The van der Waals surface area contributed by atoms with Crippen LogP contribution in [0.1, 0.15) is 0 Å². The molecule has 0 bridgehead atoms. The van der Waals surface area contributed by atoms with Crippen molar-refractivity contribution in [2.75, 3.05) is 0 Å². The molecule has 0 unspecified atom stereocenters. The number of non-ortho nitro benzene ring substituents is 1. The zero-order valence-corrected chi connectivity index (χ0v) is 10.8. The van der Waals surface area contributed by atoms with Crippen LogP contribution in [0.2, 0.25) is 0 Å². The van der Waals surface area contributed by atoms with Crippen LogP contribution >= 0.6 is 0 Å². The molecule has 0 atom stereocenters. The summed E-state index contributed by atoms with van der Waals surface area (Å²) in [7, 11) is 0. The molecule has 110 valence electrons. The molecular weight excluding hydrogens is 296 g/mol. The Balaban J connectivity index is 2.24. The van der Waals surface area contributed by atoms with Crippen LogP contribution in [0.25, 0.3) is 22.3 Å². The van der Waals surface area contributed by atoms with E-state index in [0.717, 1.165) is 12.1 Å². The van der Waals surface area contributed by atoms with E-state index in [4.69, 9.17) is 0 Å². The number of nitrogens with zero attached hydrogens (tertiary/aromatic N) is 2. The normalized spacial score (nSPS) is 10.8. The quantitative estimate of drug-likeness (QED) is 0.582. The molecule has 3 rings (SSSR count). The van der Waals surface area contributed by atoms with Gasteiger partial charge in [-0.1, -0.05) is 12.1 Å². The van der Waals surface area contributed by atoms with Crippen LogP contribution in [0.3, 0.4) is 0 Å². The van der Waals surface area contributed by atoms with Crippen LogP contribution < -0.4 is 5.56 Å². The SMILES string of the molecule is O=c1[nH]c(-c2cccc([N+](=O)[O-])c2)nc2cc(F)c(F)cc12. The lowest BCUT2D eigenvalue weighted by Crippen LogP contribution is -2.10. The van der Waals surface area contributed by atoms with Crippen molar-refractivity contribution in [2.24, 2.45) is 0 Å². The van der Waals surface area contributed by atoms with Crippen LogP contribution in [0, 0.1) is 21.7 Å². The number of aromatic nitrogens is 2. The number of hydrogen-bond acceptors (Lipinski definition) is 4. The van der Waals surface area contributed by atoms with Crippen molar-refractivity contribution in [3.05, 3.63) is 68.5 Å². The number of fused-ring (bicyclic) bond motifs is 1. The number of rotatable bonds is 2. The number of aromatic amines is 1. The Bertz CT molecular complexity index is 969. The predicted octanol–water partition coefficient (Wildman–Crippen LogP) is 2.78. The summed E-state index contributed by atoms with van der Waals surface area (Å²) in [6, 6.07) is 7.02. The molecule has 6 nitrogen and oxygen atoms in total. The molecule has 0 radical (unpaired) electrons. The van der Waals surface area contributed by atoms with Crippen LogP contribution in [0.4, 0.5) is 14.5 Å². The molecule has 2 aromatic carbocycles. The van der Waals surface area contributed by atoms with Crippen molar-refractivity contribution in [1.82, 2.24) is 9.97 Å². The topological polar surface area (TPSA) is 88.9 Å². The Labute approximate surface area is 121 Å². The zero-order valence-electron chi connectivity index (χ0n) is 10.8. The van der Waals surface area contributed by atoms with Gasteiger partial charge in [-0.3, -0.25) is 14.9 Å². The molecule has 0 saturated carbocycles. The number of H-pyrrole nitrogens is 1. The predicted molar refractivity (Wildman–Crippen MR) is 74.4 cm³/mol. The van der Waals surface area contributed by atoms with Gasteiger partial charge in [0.25, 0.3) is 11.2 Å². The minimum absolute atomic E-state index is 0.0345. The summed E-state index contributed by atoms with van der Waals surface area (Å²) in [5, 5.41) is 10.7. The highest BCUT2D eigenvalue weighted by molar-refractivity contribution is 5.79. The summed E-state index contributed by atoms with van der Waals surface area (Å²) < 4.78 is 26.4. The van der Waals surface area contributed by atoms with Gasteiger partial charge in [0.1, 0.15) is 5.82 Å². The van der Waals surface area contributed by atoms with Crippen molar-refractivity contribution in [2.45, 2.75) is 0 Å². The van der Waals surface area contributed by atoms with Gasteiger partial charge in [0.15, 0.2) is 11.6 Å². The first-order chi connectivity index (χ1) is 10.5. The van der Waals surface area contributed by atoms with Crippen molar-refractivity contribution in [3.8, 4) is 11.4 Å². The Kier molecular flexibility index (Phi) is 3.13. The van der Waals surface area contributed by atoms with Gasteiger partial charge in [-0.05, 0) is 6.07 Å². The lowest BCUT2D eigenvalue weighted by Gasteiger charge is -2.04. The van der Waals surface area contributed by atoms with Gasteiger partial charge in [-0.25, -0.2) is 13.8 Å². The van der Waals surface area contributed by atoms with Crippen molar-refractivity contribution in [3.63, 3.8) is 0 Å². The number of nitro benzene ring substituents is 1. The average molecular weight is 303 g/mol. The Morgan fingerprint density at radius 1 is 1.14 bits per heavy atom. The first-order valence-corrected chi connectivity index (χ1v) is 6.09. The monoisotopic (exact) mass is 303 g/mol. The third-order valence-corrected chi connectivity index (χ3v) is 3.08. The fraction of sp³-hybridized carbons (Fsp3) is 0. The molecule has 0 saturated heterocycles. The summed E-state index contributed by atoms with van der Waals surface area (Å²) in [4.78, 5) is 28.5. The van der Waals surface area contributed by atoms with Gasteiger partial charge in [0, 0.05) is 23.8 Å². The van der Waals surface area contributed by atoms with E-state index in [2.05, 4.69) is 9.97 Å². The van der Waals surface area contributed by atoms with Crippen LogP contribution in [-0.2, 0) is 0 Å². The Morgan fingerprint density at radius 3 is 2.59 bits per heavy atom. The molecular formula is C14H7F2N3O3. The average Bonchev–Trinajstić information content (AvgIpc) is 2.49. The fourth-order valence-electron chi connectivity index (χ4n) is 2.04. The molecule has 0 amide bonds. The van der Waals surface area contributed by atoms with Crippen LogP contribution in [-0.4, -0.2) is 14.9 Å². The van der Waals surface area contributed by atoms with E-state index in [-0.39, 0.29) is 28.0 Å². The number of halogens is 2. The summed E-state index contributed by atoms with van der Waals surface area (Å²) in [6.45, 7) is 0. The van der Waals surface area contributed by atoms with Crippen LogP contribution in [0.15, 0.2) is 41.2 Å². The van der Waals surface area contributed by atoms with Gasteiger partial charge in [0.2, 0.25) is 0 Å². The second-order valence-electron chi connectivity index (χ2n) is 4.51. The molecule has 0 aliphatic heterocycles. The highest BCUT2D eigenvalue weighted by atomic mass is 19.2. The summed E-state index contributed by atoms with van der Waals surface area (Å²) in [5.74, 6) is -2.24. The summed E-state index contributed by atoms with van der Waals surface area (Å²) >= 11 is 0. The van der Waals surface area contributed by atoms with E-state index in [1.807, 2.05) is 0 Å². The molecule has 1 N–H and O–H groups in total. The molecule has 8 heteroatoms. The standard InChI is InChI=1S/C14H7F2N3O3/c15-10-5-9-12(6-11(10)16)17-13(18-14(9)20)7-2-1-3-8(4-7)19(21)22/h1-6H,(H,17,18,20). The molecule has 0 aliphatic carbocycles. The molecule has 3 aromatic rings. The first kappa shape index (κ1) is 13.8. The zero-order chi connectivity index (χ0) is 15.9. The van der Waals surface area contributed by atoms with E-state index in [1.54, 1.807) is 0 Å². The van der Waals surface area contributed by atoms with Gasteiger partial charge in [0.05, 0.1) is 15.8 Å². The Morgan fingerprint density at radius 2 is 1.86 bits per heavy atom. The van der Waals surface area contributed by atoms with Gasteiger partial charge in [-0.2, -0.15) is 0 Å². The third kappa shape index (κ3) is 2.30. The van der Waals surface area contributed by atoms with E-state index in [0.29, 0.717) is 0 Å². The number of nitro groups is 1. The maximum absolute atomic E-state index is 13.3. The highest BCUT2D eigenvalue weighted by Gasteiger charge is 2.12. The van der Waals surface area contributed by atoms with E-state index in [1.165, 1.54) is 24.3 Å². The maximum Gasteiger partial charge on any atom is 0.270 e. The second kappa shape index (κ2) is 4.99. The van der Waals surface area contributed by atoms with E-state index >= 15 is 0 Å². The van der Waals surface area contributed by atoms with E-state index < -0.39 is 22.1 Å². The lowest BCUT2D eigenvalue weighted by molar-refractivity contribution is -0.384. The molecule has 1 heterocycles. The third-order valence-electron chi connectivity index (χ3n) is 3.08. The number of benzene rings is 2. The largest absolute Gasteiger partial charge is 0.306 e. The van der Waals surface area contributed by atoms with Gasteiger partial charge < -0.3 is 4.98 Å². The lowest BCUT2D eigenvalue weighted by atomic mass is 10.1. The van der Waals surface area contributed by atoms with Crippen molar-refractivity contribution in [1.29, 1.82) is 0 Å². The highest BCUT2D eigenvalue weighted by Crippen LogP contribution is 2.22. The van der Waals surface area contributed by atoms with Crippen molar-refractivity contribution < 1.29 is 13.7 Å². The summed E-state index contributed by atoms with van der Waals surface area (Å²) in [5.41, 5.74) is -0.585.